The van der Waals surface area contributed by atoms with Gasteiger partial charge in [0.25, 0.3) is 0 Å². The molecular formula is C30H28O10Rf2. The third kappa shape index (κ3) is 12.5. The van der Waals surface area contributed by atoms with Crippen molar-refractivity contribution in [1.82, 2.24) is 0 Å². The summed E-state index contributed by atoms with van der Waals surface area (Å²) in [5.41, 5.74) is 2.12. The van der Waals surface area contributed by atoms with Crippen molar-refractivity contribution in [2.75, 3.05) is 14.2 Å². The largest absolute Gasteiger partial charge is 0.508 e. The maximum atomic E-state index is 10.2. The van der Waals surface area contributed by atoms with Crippen LogP contribution < -0.4 is 9.47 Å². The summed E-state index contributed by atoms with van der Waals surface area (Å²) in [7, 11) is 2.87. The Bertz CT molecular complexity index is 1270. The van der Waals surface area contributed by atoms with E-state index in [0.717, 1.165) is 12.6 Å². The molecule has 0 amide bonds. The summed E-state index contributed by atoms with van der Waals surface area (Å²) in [5.74, 6) is 1.07. The fourth-order valence-corrected chi connectivity index (χ4v) is 2.64. The molecular weight excluding hydrogens is 1050 g/mol. The first-order valence-corrected chi connectivity index (χ1v) is 11.3. The van der Waals surface area contributed by atoms with Crippen LogP contribution in [0.15, 0.2) is 84.9 Å². The van der Waals surface area contributed by atoms with Crippen LogP contribution >= 0.6 is 0 Å². The summed E-state index contributed by atoms with van der Waals surface area (Å²) in [6, 6.07) is 21.0. The first-order valence-electron chi connectivity index (χ1n) is 11.3. The Morgan fingerprint density at radius 3 is 0.952 bits per heavy atom. The molecule has 0 aliphatic rings. The Morgan fingerprint density at radius 1 is 0.452 bits per heavy atom. The van der Waals surface area contributed by atoms with Gasteiger partial charge in [-0.25, -0.2) is 0 Å². The number of aromatic hydroxyl groups is 4. The minimum Gasteiger partial charge on any atom is -0.508 e. The normalized spacial score (nSPS) is 8.62. The smallest absolute Gasteiger partial charge is 0.161 e. The second-order valence-electron chi connectivity index (χ2n) is 7.52. The molecule has 0 spiro atoms. The van der Waals surface area contributed by atoms with Crippen LogP contribution in [0, 0.1) is 0 Å². The van der Waals surface area contributed by atoms with Crippen LogP contribution in [0.3, 0.4) is 0 Å². The van der Waals surface area contributed by atoms with Gasteiger partial charge < -0.3 is 29.9 Å². The van der Waals surface area contributed by atoms with Crippen molar-refractivity contribution in [1.29, 1.82) is 0 Å². The number of phenolic OH excluding ortho intramolecular Hbond substituents is 4. The fraction of sp³-hybridized carbons (Fsp3) is 0.0667. The molecule has 0 aromatic heterocycles. The van der Waals surface area contributed by atoms with E-state index >= 15 is 0 Å². The van der Waals surface area contributed by atoms with Crippen molar-refractivity contribution in [3.63, 3.8) is 0 Å². The predicted molar refractivity (Wildman–Crippen MR) is 147 cm³/mol. The molecule has 0 radical (unpaired) electrons. The zero-order valence-corrected chi connectivity index (χ0v) is 35.8. The molecule has 0 bridgehead atoms. The Hall–Kier alpha value is -7.64. The van der Waals surface area contributed by atoms with Gasteiger partial charge in [0, 0.05) is 22.3 Å². The van der Waals surface area contributed by atoms with Crippen LogP contribution in [0.4, 0.5) is 0 Å². The third-order valence-corrected chi connectivity index (χ3v) is 4.74. The Kier molecular flexibility index (Phi) is 16.9. The van der Waals surface area contributed by atoms with Crippen LogP contribution in [0.1, 0.15) is 41.4 Å². The summed E-state index contributed by atoms with van der Waals surface area (Å²) in [5, 5.41) is 35.7. The zero-order valence-electron chi connectivity index (χ0n) is 23.0. The van der Waals surface area contributed by atoms with E-state index in [-0.39, 0.29) is 23.0 Å². The molecule has 4 aromatic rings. The van der Waals surface area contributed by atoms with Crippen molar-refractivity contribution in [2.45, 2.75) is 0 Å². The van der Waals surface area contributed by atoms with Gasteiger partial charge in [-0.1, -0.05) is 0 Å². The van der Waals surface area contributed by atoms with Crippen LogP contribution in [-0.4, -0.2) is 59.8 Å². The standard InChI is InChI=1S/2C8H8O3.2C7H6O2.2Rf/c2*1-11-8-4-6(5-9)2-3-7(8)10;2*8-5-6-1-3-7(9)4-2-6;;/h2*2-5,10H,1H3;2*1-5,9H;;. The van der Waals surface area contributed by atoms with Crippen molar-refractivity contribution in [2.24, 2.45) is 0 Å². The van der Waals surface area contributed by atoms with Gasteiger partial charge >= 0.3 is 0 Å². The number of benzene rings is 4. The van der Waals surface area contributed by atoms with Crippen LogP contribution in [-0.2, 0) is 0 Å². The second-order valence-corrected chi connectivity index (χ2v) is 7.52. The molecule has 0 heterocycles. The Labute approximate surface area is 230 Å². The van der Waals surface area contributed by atoms with Gasteiger partial charge in [-0.2, -0.15) is 0 Å². The molecule has 0 unspecified atom stereocenters. The Balaban J connectivity index is 0. The topological polar surface area (TPSA) is 168 Å². The SMILES string of the molecule is COc1cc(C=O)ccc1O.COc1cc(C=O)ccc1O.O=Cc1ccc(O)cc1.O=Cc1ccc(O)cc1.[Rf].[Rf]. The number of ether oxygens (including phenoxy) is 2. The van der Waals surface area contributed by atoms with Gasteiger partial charge in [-0.05, 0) is 84.9 Å². The predicted octanol–water partition coefficient (Wildman–Crippen LogP) is 4.84. The van der Waals surface area contributed by atoms with E-state index in [1.165, 1.54) is 74.9 Å². The number of hydrogen-bond acceptors (Lipinski definition) is 10. The molecule has 12 heteroatoms. The first-order chi connectivity index (χ1) is 19.2. The maximum absolute atomic E-state index is 10.2. The number of carbonyl (C=O) groups excluding carboxylic acids is 4. The molecule has 0 fully saturated rings. The molecule has 4 rings (SSSR count). The molecule has 10 nitrogen and oxygen atoms in total. The molecule has 0 atom stereocenters. The average molecular weight is 1080 g/mol. The fourth-order valence-electron chi connectivity index (χ4n) is 2.64. The summed E-state index contributed by atoms with van der Waals surface area (Å²) in [6.07, 6.45) is 2.86. The molecule has 0 aliphatic heterocycles. The van der Waals surface area contributed by atoms with Gasteiger partial charge in [0.2, 0.25) is 0 Å². The van der Waals surface area contributed by atoms with Crippen molar-refractivity contribution < 1.29 is 49.1 Å². The minimum atomic E-state index is 0. The maximum Gasteiger partial charge on any atom is 0.161 e. The number of hydrogen-bond donors (Lipinski definition) is 4. The van der Waals surface area contributed by atoms with Gasteiger partial charge in [-0.3, -0.25) is 19.2 Å². The van der Waals surface area contributed by atoms with Crippen molar-refractivity contribution in [3.8, 4) is 34.5 Å². The minimum absolute atomic E-state index is 0. The molecule has 0 saturated carbocycles. The number of phenols is 4. The van der Waals surface area contributed by atoms with E-state index in [9.17, 15) is 19.2 Å². The monoisotopic (exact) mass is 1080 g/mol. The number of methoxy groups -OCH3 is 2. The van der Waals surface area contributed by atoms with E-state index in [0.29, 0.717) is 46.3 Å². The van der Waals surface area contributed by atoms with Crippen LogP contribution in [0.25, 0.3) is 0 Å². The van der Waals surface area contributed by atoms with Gasteiger partial charge in [-0.15, -0.1) is 0 Å². The molecule has 4 N–H and O–H groups in total. The van der Waals surface area contributed by atoms with E-state index in [2.05, 4.69) is 0 Å². The average Bonchev–Trinajstić information content (AvgIpc) is 2.99. The third-order valence-electron chi connectivity index (χ3n) is 4.74. The molecule has 0 aliphatic carbocycles. The summed E-state index contributed by atoms with van der Waals surface area (Å²) >= 11 is 0. The first kappa shape index (κ1) is 36.5. The van der Waals surface area contributed by atoms with Gasteiger partial charge in [0.05, 0.1) is 14.2 Å². The Morgan fingerprint density at radius 2 is 0.714 bits per heavy atom. The zero-order chi connectivity index (χ0) is 29.9. The number of aldehydes is 4. The number of carbonyl (C=O) groups is 4. The van der Waals surface area contributed by atoms with Crippen molar-refractivity contribution in [3.05, 3.63) is 107 Å². The molecule has 0 saturated heterocycles. The number of rotatable bonds is 6. The van der Waals surface area contributed by atoms with Gasteiger partial charge in [0.1, 0.15) is 36.6 Å². The van der Waals surface area contributed by atoms with Crippen molar-refractivity contribution >= 4 is 25.1 Å². The quantitative estimate of drug-likeness (QED) is 0.197. The molecule has 4 aromatic carbocycles. The van der Waals surface area contributed by atoms with E-state index in [1.807, 2.05) is 0 Å². The van der Waals surface area contributed by atoms with E-state index in [4.69, 9.17) is 29.9 Å². The van der Waals surface area contributed by atoms with E-state index in [1.54, 1.807) is 24.3 Å². The van der Waals surface area contributed by atoms with Gasteiger partial charge in [0.15, 0.2) is 23.0 Å². The van der Waals surface area contributed by atoms with Crippen LogP contribution in [0.5, 0.6) is 34.5 Å². The summed E-state index contributed by atoms with van der Waals surface area (Å²) in [4.78, 5) is 40.6. The molecule has 42 heavy (non-hydrogen) atoms. The van der Waals surface area contributed by atoms with Crippen LogP contribution in [0.2, 0.25) is 0 Å². The van der Waals surface area contributed by atoms with E-state index < -0.39 is 0 Å². The summed E-state index contributed by atoms with van der Waals surface area (Å²) in [6.45, 7) is 0. The second kappa shape index (κ2) is 19.5. The summed E-state index contributed by atoms with van der Waals surface area (Å²) < 4.78 is 9.56. The molecule has 212 valence electrons.